The molecule has 0 bridgehead atoms. The second-order valence-electron chi connectivity index (χ2n) is 6.04. The topological polar surface area (TPSA) is 93.2 Å². The predicted octanol–water partition coefficient (Wildman–Crippen LogP) is -0.0264. The molecule has 1 aliphatic heterocycles. The van der Waals surface area contributed by atoms with Crippen LogP contribution in [0.5, 0.6) is 0 Å². The number of likely N-dealkylation sites (tertiary alicyclic amines) is 1. The van der Waals surface area contributed by atoms with Crippen molar-refractivity contribution in [3.05, 3.63) is 18.7 Å². The highest BCUT2D eigenvalue weighted by atomic mass is 16.2. The number of nitrogens with one attached hydrogen (secondary N) is 1. The molecule has 7 heteroatoms. The molecular weight excluding hydrogens is 282 g/mol. The number of nitrogens with two attached hydrogens (primary N) is 1. The maximum Gasteiger partial charge on any atom is 0.240 e. The van der Waals surface area contributed by atoms with Crippen LogP contribution in [0.2, 0.25) is 0 Å². The lowest BCUT2D eigenvalue weighted by Gasteiger charge is -2.35. The third-order valence-electron chi connectivity index (χ3n) is 4.22. The molecule has 122 valence electrons. The van der Waals surface area contributed by atoms with Crippen molar-refractivity contribution in [3.63, 3.8) is 0 Å². The Morgan fingerprint density at radius 2 is 2.05 bits per heavy atom. The fraction of sp³-hybridized carbons (Fsp3) is 0.667. The maximum atomic E-state index is 12.0. The molecule has 2 amide bonds. The molecular formula is C15H25N5O2. The Morgan fingerprint density at radius 3 is 2.59 bits per heavy atom. The first-order chi connectivity index (χ1) is 10.5. The summed E-state index contributed by atoms with van der Waals surface area (Å²) in [6.45, 7) is 5.46. The van der Waals surface area contributed by atoms with Crippen LogP contribution in [0.3, 0.4) is 0 Å². The van der Waals surface area contributed by atoms with Gasteiger partial charge in [0, 0.05) is 31.5 Å². The molecule has 0 saturated carbocycles. The van der Waals surface area contributed by atoms with Crippen LogP contribution in [-0.4, -0.2) is 51.4 Å². The third-order valence-corrected chi connectivity index (χ3v) is 4.22. The van der Waals surface area contributed by atoms with E-state index in [1.54, 1.807) is 30.2 Å². The summed E-state index contributed by atoms with van der Waals surface area (Å²) in [5, 5.41) is 3.04. The zero-order valence-electron chi connectivity index (χ0n) is 13.2. The lowest BCUT2D eigenvalue weighted by Crippen LogP contribution is -2.49. The quantitative estimate of drug-likeness (QED) is 0.799. The zero-order chi connectivity index (χ0) is 16.1. The van der Waals surface area contributed by atoms with Crippen LogP contribution in [-0.2, 0) is 16.1 Å². The average molecular weight is 307 g/mol. The van der Waals surface area contributed by atoms with Crippen molar-refractivity contribution in [1.29, 1.82) is 0 Å². The summed E-state index contributed by atoms with van der Waals surface area (Å²) >= 11 is 0. The Hall–Kier alpha value is -1.89. The third kappa shape index (κ3) is 4.30. The molecule has 22 heavy (non-hydrogen) atoms. The highest BCUT2D eigenvalue weighted by Gasteiger charge is 2.28. The maximum absolute atomic E-state index is 12.0. The normalized spacial score (nSPS) is 18.8. The first-order valence-corrected chi connectivity index (χ1v) is 7.77. The number of piperidine rings is 1. The number of hydrogen-bond donors (Lipinski definition) is 2. The van der Waals surface area contributed by atoms with E-state index in [1.165, 1.54) is 0 Å². The van der Waals surface area contributed by atoms with Crippen LogP contribution in [0.25, 0.3) is 0 Å². The first-order valence-electron chi connectivity index (χ1n) is 7.77. The van der Waals surface area contributed by atoms with Crippen LogP contribution < -0.4 is 11.1 Å². The fourth-order valence-electron chi connectivity index (χ4n) is 2.87. The van der Waals surface area contributed by atoms with Crippen molar-refractivity contribution in [2.24, 2.45) is 11.7 Å². The molecule has 1 aromatic heterocycles. The summed E-state index contributed by atoms with van der Waals surface area (Å²) in [7, 11) is 0. The van der Waals surface area contributed by atoms with Gasteiger partial charge in [-0.1, -0.05) is 0 Å². The van der Waals surface area contributed by atoms with Gasteiger partial charge in [0.2, 0.25) is 11.8 Å². The molecule has 1 fully saturated rings. The van der Waals surface area contributed by atoms with Gasteiger partial charge in [-0.15, -0.1) is 0 Å². The molecule has 0 aromatic carbocycles. The Bertz CT molecular complexity index is 492. The molecule has 7 nitrogen and oxygen atoms in total. The Labute approximate surface area is 130 Å². The zero-order valence-corrected chi connectivity index (χ0v) is 13.2. The Kier molecular flexibility index (Phi) is 5.54. The predicted molar refractivity (Wildman–Crippen MR) is 82.8 cm³/mol. The lowest BCUT2D eigenvalue weighted by atomic mass is 9.90. The number of nitrogens with zero attached hydrogens (tertiary/aromatic N) is 3. The highest BCUT2D eigenvalue weighted by Crippen LogP contribution is 2.21. The second kappa shape index (κ2) is 7.40. The van der Waals surface area contributed by atoms with Crippen LogP contribution >= 0.6 is 0 Å². The van der Waals surface area contributed by atoms with E-state index in [0.717, 1.165) is 12.8 Å². The SMILES string of the molecule is CC(NC(=O)Cn1ccnc1)C1CCN(C(=O)[C@H](C)N)CC1. The van der Waals surface area contributed by atoms with Crippen molar-refractivity contribution < 1.29 is 9.59 Å². The highest BCUT2D eigenvalue weighted by molar-refractivity contribution is 5.81. The fourth-order valence-corrected chi connectivity index (χ4v) is 2.87. The van der Waals surface area contributed by atoms with Gasteiger partial charge in [0.1, 0.15) is 6.54 Å². The standard InChI is InChI=1S/C15H25N5O2/c1-11(16)15(22)20-6-3-13(4-7-20)12(2)18-14(21)9-19-8-5-17-10-19/h5,8,10-13H,3-4,6-7,9,16H2,1-2H3,(H,18,21)/t11-,12?/m0/s1. The van der Waals surface area contributed by atoms with E-state index < -0.39 is 6.04 Å². The van der Waals surface area contributed by atoms with E-state index in [2.05, 4.69) is 10.3 Å². The number of amides is 2. The molecule has 2 rings (SSSR count). The summed E-state index contributed by atoms with van der Waals surface area (Å²) in [6.07, 6.45) is 6.84. The number of carbonyl (C=O) groups is 2. The van der Waals surface area contributed by atoms with E-state index in [9.17, 15) is 9.59 Å². The molecule has 3 N–H and O–H groups in total. The molecule has 2 heterocycles. The molecule has 0 aliphatic carbocycles. The van der Waals surface area contributed by atoms with Gasteiger partial charge in [0.05, 0.1) is 12.4 Å². The van der Waals surface area contributed by atoms with E-state index in [1.807, 2.05) is 11.8 Å². The summed E-state index contributed by atoms with van der Waals surface area (Å²) in [5.74, 6) is 0.388. The minimum atomic E-state index is -0.441. The van der Waals surface area contributed by atoms with Gasteiger partial charge in [-0.25, -0.2) is 4.98 Å². The van der Waals surface area contributed by atoms with E-state index in [0.29, 0.717) is 19.0 Å². The van der Waals surface area contributed by atoms with Crippen LogP contribution in [0.15, 0.2) is 18.7 Å². The molecule has 1 saturated heterocycles. The van der Waals surface area contributed by atoms with Crippen molar-refractivity contribution in [2.45, 2.75) is 45.3 Å². The number of hydrogen-bond acceptors (Lipinski definition) is 4. The smallest absolute Gasteiger partial charge is 0.240 e. The van der Waals surface area contributed by atoms with Crippen molar-refractivity contribution >= 4 is 11.8 Å². The number of carbonyl (C=O) groups excluding carboxylic acids is 2. The van der Waals surface area contributed by atoms with Gasteiger partial charge in [0.25, 0.3) is 0 Å². The Morgan fingerprint density at radius 1 is 1.36 bits per heavy atom. The first kappa shape index (κ1) is 16.5. The van der Waals surface area contributed by atoms with Crippen LogP contribution in [0, 0.1) is 5.92 Å². The van der Waals surface area contributed by atoms with Crippen LogP contribution in [0.4, 0.5) is 0 Å². The molecule has 1 unspecified atom stereocenters. The monoisotopic (exact) mass is 307 g/mol. The molecule has 0 spiro atoms. The molecule has 2 atom stereocenters. The lowest BCUT2D eigenvalue weighted by molar-refractivity contribution is -0.134. The van der Waals surface area contributed by atoms with Gasteiger partial charge in [-0.2, -0.15) is 0 Å². The van der Waals surface area contributed by atoms with E-state index >= 15 is 0 Å². The largest absolute Gasteiger partial charge is 0.352 e. The van der Waals surface area contributed by atoms with Gasteiger partial charge in [0.15, 0.2) is 0 Å². The summed E-state index contributed by atoms with van der Waals surface area (Å²) in [6, 6.07) is -0.340. The summed E-state index contributed by atoms with van der Waals surface area (Å²) < 4.78 is 1.74. The molecule has 1 aliphatic rings. The summed E-state index contributed by atoms with van der Waals surface area (Å²) in [5.41, 5.74) is 5.64. The van der Waals surface area contributed by atoms with Gasteiger partial charge < -0.3 is 20.5 Å². The van der Waals surface area contributed by atoms with Gasteiger partial charge >= 0.3 is 0 Å². The van der Waals surface area contributed by atoms with Gasteiger partial charge in [-0.05, 0) is 32.6 Å². The number of rotatable bonds is 5. The molecule has 0 radical (unpaired) electrons. The minimum Gasteiger partial charge on any atom is -0.352 e. The average Bonchev–Trinajstić information content (AvgIpc) is 2.99. The number of imidazole rings is 1. The van der Waals surface area contributed by atoms with Crippen molar-refractivity contribution in [1.82, 2.24) is 19.8 Å². The van der Waals surface area contributed by atoms with Crippen LogP contribution in [0.1, 0.15) is 26.7 Å². The second-order valence-corrected chi connectivity index (χ2v) is 6.04. The van der Waals surface area contributed by atoms with E-state index in [-0.39, 0.29) is 24.4 Å². The van der Waals surface area contributed by atoms with E-state index in [4.69, 9.17) is 5.73 Å². The molecule has 1 aromatic rings. The Balaban J connectivity index is 1.76. The van der Waals surface area contributed by atoms with Gasteiger partial charge in [-0.3, -0.25) is 9.59 Å². The minimum absolute atomic E-state index is 0.00949. The van der Waals surface area contributed by atoms with Crippen molar-refractivity contribution in [2.75, 3.05) is 13.1 Å². The van der Waals surface area contributed by atoms with Crippen molar-refractivity contribution in [3.8, 4) is 0 Å². The summed E-state index contributed by atoms with van der Waals surface area (Å²) in [4.78, 5) is 29.6. The number of aromatic nitrogens is 2.